The highest BCUT2D eigenvalue weighted by Gasteiger charge is 2.21. The van der Waals surface area contributed by atoms with Crippen LogP contribution in [0.3, 0.4) is 0 Å². The highest BCUT2D eigenvalue weighted by atomic mass is 32.2. The zero-order chi connectivity index (χ0) is 17.3. The van der Waals surface area contributed by atoms with Gasteiger partial charge in [0.05, 0.1) is 5.39 Å². The first kappa shape index (κ1) is 17.3. The number of hydrogen-bond donors (Lipinski definition) is 1. The average Bonchev–Trinajstić information content (AvgIpc) is 2.52. The van der Waals surface area contributed by atoms with E-state index in [-0.39, 0.29) is 5.65 Å². The summed E-state index contributed by atoms with van der Waals surface area (Å²) in [5.74, 6) is -0.955. The number of aliphatic carboxylic acids is 1. The molecule has 0 aromatic carbocycles. The Labute approximate surface area is 137 Å². The highest BCUT2D eigenvalue weighted by Crippen LogP contribution is 2.32. The number of aromatic nitrogens is 3. The maximum atomic E-state index is 12.6. The number of pyridine rings is 1. The Kier molecular flexibility index (Phi) is 4.93. The number of rotatable bonds is 5. The third kappa shape index (κ3) is 3.03. The van der Waals surface area contributed by atoms with E-state index in [4.69, 9.17) is 0 Å². The zero-order valence-electron chi connectivity index (χ0n) is 13.5. The first-order valence-electron chi connectivity index (χ1n) is 7.26. The minimum Gasteiger partial charge on any atom is -0.480 e. The molecule has 0 aliphatic heterocycles. The quantitative estimate of drug-likeness (QED) is 0.823. The molecule has 0 saturated carbocycles. The second-order valence-electron chi connectivity index (χ2n) is 5.37. The van der Waals surface area contributed by atoms with Gasteiger partial charge in [-0.2, -0.15) is 0 Å². The van der Waals surface area contributed by atoms with Crippen LogP contribution in [0.5, 0.6) is 0 Å². The van der Waals surface area contributed by atoms with Crippen LogP contribution in [0.2, 0.25) is 0 Å². The van der Waals surface area contributed by atoms with E-state index in [1.807, 2.05) is 6.92 Å². The van der Waals surface area contributed by atoms with Crippen LogP contribution in [0.1, 0.15) is 25.8 Å². The molecule has 1 unspecified atom stereocenters. The Morgan fingerprint density at radius 3 is 2.57 bits per heavy atom. The molecule has 0 fully saturated rings. The van der Waals surface area contributed by atoms with Crippen LogP contribution in [-0.4, -0.2) is 30.4 Å². The number of thioether (sulfide) groups is 1. The van der Waals surface area contributed by atoms with E-state index >= 15 is 0 Å². The van der Waals surface area contributed by atoms with Crippen LogP contribution in [0.25, 0.3) is 11.0 Å². The van der Waals surface area contributed by atoms with E-state index in [1.165, 1.54) is 11.6 Å². The maximum Gasteiger partial charge on any atom is 0.332 e. The van der Waals surface area contributed by atoms with E-state index in [0.717, 1.165) is 28.3 Å². The lowest BCUT2D eigenvalue weighted by Crippen LogP contribution is -2.37. The van der Waals surface area contributed by atoms with Crippen molar-refractivity contribution in [3.8, 4) is 0 Å². The normalized spacial score (nSPS) is 12.5. The average molecular weight is 337 g/mol. The molecule has 0 aliphatic rings. The van der Waals surface area contributed by atoms with Crippen molar-refractivity contribution in [2.45, 2.75) is 36.8 Å². The fourth-order valence-electron chi connectivity index (χ4n) is 2.35. The summed E-state index contributed by atoms with van der Waals surface area (Å²) in [5.41, 5.74) is 0.195. The van der Waals surface area contributed by atoms with Crippen molar-refractivity contribution in [1.82, 2.24) is 14.1 Å². The lowest BCUT2D eigenvalue weighted by atomic mass is 10.1. The van der Waals surface area contributed by atoms with E-state index in [1.54, 1.807) is 20.2 Å². The second kappa shape index (κ2) is 6.57. The number of carbonyl (C=O) groups is 1. The molecule has 2 heterocycles. The number of aryl methyl sites for hydroxylation is 2. The van der Waals surface area contributed by atoms with Gasteiger partial charge in [0.25, 0.3) is 5.56 Å². The molecule has 1 N–H and O–H groups in total. The van der Waals surface area contributed by atoms with Gasteiger partial charge in [-0.15, -0.1) is 11.8 Å². The smallest absolute Gasteiger partial charge is 0.332 e. The molecule has 0 amide bonds. The Morgan fingerprint density at radius 2 is 2.00 bits per heavy atom. The molecule has 2 aromatic heterocycles. The summed E-state index contributed by atoms with van der Waals surface area (Å²) in [6.07, 6.45) is 3.15. The Bertz CT molecular complexity index is 885. The lowest BCUT2D eigenvalue weighted by Gasteiger charge is -2.15. The van der Waals surface area contributed by atoms with Crippen LogP contribution in [0, 0.1) is 0 Å². The van der Waals surface area contributed by atoms with E-state index in [0.29, 0.717) is 16.7 Å². The first-order valence-corrected chi connectivity index (χ1v) is 8.14. The summed E-state index contributed by atoms with van der Waals surface area (Å²) in [4.78, 5) is 40.7. The predicted molar refractivity (Wildman–Crippen MR) is 89.2 cm³/mol. The number of carboxylic acid groups (broad SMARTS) is 1. The van der Waals surface area contributed by atoms with E-state index in [2.05, 4.69) is 4.98 Å². The van der Waals surface area contributed by atoms with Crippen LogP contribution >= 0.6 is 11.8 Å². The Hall–Kier alpha value is -2.09. The van der Waals surface area contributed by atoms with Crippen molar-refractivity contribution in [3.63, 3.8) is 0 Å². The van der Waals surface area contributed by atoms with Crippen molar-refractivity contribution in [3.05, 3.63) is 32.6 Å². The topological polar surface area (TPSA) is 94.2 Å². The van der Waals surface area contributed by atoms with E-state index < -0.39 is 22.5 Å². The van der Waals surface area contributed by atoms with Gasteiger partial charge in [-0.1, -0.05) is 13.3 Å². The summed E-state index contributed by atoms with van der Waals surface area (Å²) in [7, 11) is 2.96. The van der Waals surface area contributed by atoms with Gasteiger partial charge >= 0.3 is 11.7 Å². The largest absolute Gasteiger partial charge is 0.480 e. The summed E-state index contributed by atoms with van der Waals surface area (Å²) >= 11 is 1.12. The molecule has 0 saturated heterocycles. The Morgan fingerprint density at radius 1 is 1.35 bits per heavy atom. The molecule has 8 heteroatoms. The van der Waals surface area contributed by atoms with E-state index in [9.17, 15) is 19.5 Å². The monoisotopic (exact) mass is 337 g/mol. The predicted octanol–water partition coefficient (Wildman–Crippen LogP) is 1.15. The van der Waals surface area contributed by atoms with Gasteiger partial charge in [0.2, 0.25) is 0 Å². The fraction of sp³-hybridized carbons (Fsp3) is 0.467. The molecule has 7 nitrogen and oxygen atoms in total. The molecule has 2 aromatic rings. The minimum atomic E-state index is -0.955. The first-order chi connectivity index (χ1) is 10.8. The van der Waals surface area contributed by atoms with Gasteiger partial charge in [0, 0.05) is 25.2 Å². The third-order valence-electron chi connectivity index (χ3n) is 3.66. The van der Waals surface area contributed by atoms with Gasteiger partial charge in [-0.3, -0.25) is 18.7 Å². The molecule has 0 bridgehead atoms. The summed E-state index contributed by atoms with van der Waals surface area (Å²) in [5, 5.41) is 8.78. The fourth-order valence-corrected chi connectivity index (χ4v) is 3.41. The van der Waals surface area contributed by atoms with Crippen LogP contribution in [0.15, 0.2) is 20.7 Å². The van der Waals surface area contributed by atoms with Crippen molar-refractivity contribution >= 4 is 28.8 Å². The zero-order valence-corrected chi connectivity index (χ0v) is 14.3. The van der Waals surface area contributed by atoms with Gasteiger partial charge in [-0.25, -0.2) is 9.78 Å². The van der Waals surface area contributed by atoms with Crippen molar-refractivity contribution < 1.29 is 9.90 Å². The molecule has 23 heavy (non-hydrogen) atoms. The van der Waals surface area contributed by atoms with Gasteiger partial charge in [-0.05, 0) is 18.9 Å². The molecular formula is C15H19N3O4S. The van der Waals surface area contributed by atoms with Gasteiger partial charge < -0.3 is 5.11 Å². The number of hydrogen-bond acceptors (Lipinski definition) is 5. The molecule has 0 radical (unpaired) electrons. The van der Waals surface area contributed by atoms with Crippen molar-refractivity contribution in [1.29, 1.82) is 0 Å². The standard InChI is InChI=1S/C15H19N3O4S/c1-5-6-9-7-16-12-10(11(9)23-8(2)14(20)21)13(19)18(4)15(22)17(12)3/h7-8H,5-6H2,1-4H3,(H,20,21). The summed E-state index contributed by atoms with van der Waals surface area (Å²) in [6.45, 7) is 3.57. The summed E-state index contributed by atoms with van der Waals surface area (Å²) in [6, 6.07) is 0. The van der Waals surface area contributed by atoms with Gasteiger partial charge in [0.1, 0.15) is 10.9 Å². The summed E-state index contributed by atoms with van der Waals surface area (Å²) < 4.78 is 2.33. The molecule has 0 spiro atoms. The number of nitrogens with zero attached hydrogens (tertiary/aromatic N) is 3. The lowest BCUT2D eigenvalue weighted by molar-refractivity contribution is -0.136. The Balaban J connectivity index is 2.88. The van der Waals surface area contributed by atoms with Crippen LogP contribution in [-0.2, 0) is 25.3 Å². The number of fused-ring (bicyclic) bond motifs is 1. The van der Waals surface area contributed by atoms with Gasteiger partial charge in [0.15, 0.2) is 0 Å². The molecule has 1 atom stereocenters. The minimum absolute atomic E-state index is 0.276. The number of carboxylic acids is 1. The molecule has 2 rings (SSSR count). The molecular weight excluding hydrogens is 318 g/mol. The maximum absolute atomic E-state index is 12.6. The highest BCUT2D eigenvalue weighted by molar-refractivity contribution is 8.00. The molecule has 0 aliphatic carbocycles. The van der Waals surface area contributed by atoms with Crippen LogP contribution < -0.4 is 11.2 Å². The SMILES string of the molecule is CCCc1cnc2c(c1SC(C)C(=O)O)c(=O)n(C)c(=O)n2C. The van der Waals surface area contributed by atoms with Crippen molar-refractivity contribution in [2.24, 2.45) is 14.1 Å². The molecule has 124 valence electrons. The van der Waals surface area contributed by atoms with Crippen molar-refractivity contribution in [2.75, 3.05) is 0 Å². The third-order valence-corrected chi connectivity index (χ3v) is 4.91. The second-order valence-corrected chi connectivity index (χ2v) is 6.72. The van der Waals surface area contributed by atoms with Crippen LogP contribution in [0.4, 0.5) is 0 Å².